The van der Waals surface area contributed by atoms with Gasteiger partial charge in [0.25, 0.3) is 0 Å². The Bertz CT molecular complexity index is 591. The number of carbonyl (C=O) groups excluding carboxylic acids is 1. The largest absolute Gasteiger partial charge is 0.496 e. The van der Waals surface area contributed by atoms with Gasteiger partial charge in [0, 0.05) is 10.0 Å². The van der Waals surface area contributed by atoms with E-state index in [1.165, 1.54) is 0 Å². The Balaban J connectivity index is 2.48. The van der Waals surface area contributed by atoms with Crippen LogP contribution in [0.4, 0.5) is 0 Å². The van der Waals surface area contributed by atoms with E-state index in [9.17, 15) is 4.79 Å². The van der Waals surface area contributed by atoms with E-state index in [0.29, 0.717) is 16.9 Å². The van der Waals surface area contributed by atoms with Gasteiger partial charge in [-0.25, -0.2) is 0 Å². The zero-order valence-electron chi connectivity index (χ0n) is 10.2. The van der Waals surface area contributed by atoms with Crippen molar-refractivity contribution in [2.24, 2.45) is 0 Å². The lowest BCUT2D eigenvalue weighted by atomic mass is 10.0. The molecule has 0 aliphatic rings. The minimum atomic E-state index is -0.0423. The highest BCUT2D eigenvalue weighted by atomic mass is 79.9. The second kappa shape index (κ2) is 5.36. The predicted molar refractivity (Wildman–Crippen MR) is 75.3 cm³/mol. The fourth-order valence-corrected chi connectivity index (χ4v) is 2.45. The van der Waals surface area contributed by atoms with Gasteiger partial charge in [0.2, 0.25) is 0 Å². The number of rotatable bonds is 3. The van der Waals surface area contributed by atoms with Crippen molar-refractivity contribution < 1.29 is 9.53 Å². The molecule has 0 atom stereocenters. The highest BCUT2D eigenvalue weighted by molar-refractivity contribution is 9.10. The lowest BCUT2D eigenvalue weighted by molar-refractivity contribution is 0.103. The first-order valence-electron chi connectivity index (χ1n) is 5.57. The summed E-state index contributed by atoms with van der Waals surface area (Å²) in [4.78, 5) is 12.4. The standard InChI is InChI=1S/C15H13BrO2/c1-10-7-8-11(13(16)9-10)15(17)12-5-3-4-6-14(12)18-2/h3-9H,1-2H3. The molecule has 2 aromatic rings. The third kappa shape index (κ3) is 2.46. The van der Waals surface area contributed by atoms with Crippen molar-refractivity contribution in [2.75, 3.05) is 7.11 Å². The zero-order valence-corrected chi connectivity index (χ0v) is 11.8. The van der Waals surface area contributed by atoms with Gasteiger partial charge in [-0.2, -0.15) is 0 Å². The maximum atomic E-state index is 12.4. The van der Waals surface area contributed by atoms with E-state index in [1.807, 2.05) is 37.3 Å². The molecule has 0 saturated carbocycles. The van der Waals surface area contributed by atoms with Crippen molar-refractivity contribution in [3.63, 3.8) is 0 Å². The van der Waals surface area contributed by atoms with E-state index in [4.69, 9.17) is 4.74 Å². The van der Waals surface area contributed by atoms with Crippen LogP contribution < -0.4 is 4.74 Å². The van der Waals surface area contributed by atoms with Crippen LogP contribution in [-0.4, -0.2) is 12.9 Å². The van der Waals surface area contributed by atoms with Crippen molar-refractivity contribution >= 4 is 21.7 Å². The van der Waals surface area contributed by atoms with E-state index in [-0.39, 0.29) is 5.78 Å². The first-order chi connectivity index (χ1) is 8.63. The van der Waals surface area contributed by atoms with Gasteiger partial charge in [0.05, 0.1) is 12.7 Å². The van der Waals surface area contributed by atoms with Crippen LogP contribution in [0.1, 0.15) is 21.5 Å². The molecule has 0 aliphatic carbocycles. The normalized spacial score (nSPS) is 10.2. The van der Waals surface area contributed by atoms with Crippen molar-refractivity contribution in [3.05, 3.63) is 63.6 Å². The van der Waals surface area contributed by atoms with Gasteiger partial charge in [0.1, 0.15) is 5.75 Å². The Morgan fingerprint density at radius 3 is 2.50 bits per heavy atom. The molecule has 2 nitrogen and oxygen atoms in total. The summed E-state index contributed by atoms with van der Waals surface area (Å²) in [6.07, 6.45) is 0. The van der Waals surface area contributed by atoms with E-state index >= 15 is 0 Å². The Morgan fingerprint density at radius 1 is 1.11 bits per heavy atom. The van der Waals surface area contributed by atoms with Crippen LogP contribution in [0.25, 0.3) is 0 Å². The molecule has 0 aliphatic heterocycles. The van der Waals surface area contributed by atoms with E-state index < -0.39 is 0 Å². The van der Waals surface area contributed by atoms with E-state index in [1.54, 1.807) is 19.2 Å². The number of methoxy groups -OCH3 is 1. The molecule has 3 heteroatoms. The van der Waals surface area contributed by atoms with Crippen LogP contribution in [0.3, 0.4) is 0 Å². The third-order valence-electron chi connectivity index (χ3n) is 2.72. The van der Waals surface area contributed by atoms with Crippen LogP contribution in [0.5, 0.6) is 5.75 Å². The topological polar surface area (TPSA) is 26.3 Å². The van der Waals surface area contributed by atoms with Gasteiger partial charge < -0.3 is 4.74 Å². The summed E-state index contributed by atoms with van der Waals surface area (Å²) in [5, 5.41) is 0. The summed E-state index contributed by atoms with van der Waals surface area (Å²) in [5.41, 5.74) is 2.33. The van der Waals surface area contributed by atoms with Gasteiger partial charge in [-0.3, -0.25) is 4.79 Å². The maximum Gasteiger partial charge on any atom is 0.197 e. The summed E-state index contributed by atoms with van der Waals surface area (Å²) >= 11 is 3.43. The molecule has 18 heavy (non-hydrogen) atoms. The monoisotopic (exact) mass is 304 g/mol. The Morgan fingerprint density at radius 2 is 1.83 bits per heavy atom. The molecule has 0 aromatic heterocycles. The van der Waals surface area contributed by atoms with Gasteiger partial charge in [-0.1, -0.05) is 34.1 Å². The lowest BCUT2D eigenvalue weighted by Gasteiger charge is -2.09. The van der Waals surface area contributed by atoms with Gasteiger partial charge in [0.15, 0.2) is 5.78 Å². The molecule has 92 valence electrons. The second-order valence-electron chi connectivity index (χ2n) is 4.01. The quantitative estimate of drug-likeness (QED) is 0.801. The van der Waals surface area contributed by atoms with Crippen LogP contribution in [0.2, 0.25) is 0 Å². The number of ether oxygens (including phenoxy) is 1. The highest BCUT2D eigenvalue weighted by Crippen LogP contribution is 2.25. The fourth-order valence-electron chi connectivity index (χ4n) is 1.78. The van der Waals surface area contributed by atoms with E-state index in [0.717, 1.165) is 10.0 Å². The average molecular weight is 305 g/mol. The number of carbonyl (C=O) groups is 1. The molecule has 0 bridgehead atoms. The molecule has 0 heterocycles. The summed E-state index contributed by atoms with van der Waals surface area (Å²) in [6.45, 7) is 1.99. The number of hydrogen-bond acceptors (Lipinski definition) is 2. The number of hydrogen-bond donors (Lipinski definition) is 0. The molecule has 0 fully saturated rings. The molecular weight excluding hydrogens is 292 g/mol. The molecule has 0 spiro atoms. The SMILES string of the molecule is COc1ccccc1C(=O)c1ccc(C)cc1Br. The molecule has 0 radical (unpaired) electrons. The molecular formula is C15H13BrO2. The minimum absolute atomic E-state index is 0.0423. The van der Waals surface area contributed by atoms with Crippen LogP contribution in [0, 0.1) is 6.92 Å². The zero-order chi connectivity index (χ0) is 13.1. The van der Waals surface area contributed by atoms with Gasteiger partial charge in [-0.05, 0) is 36.8 Å². The Hall–Kier alpha value is -1.61. The van der Waals surface area contributed by atoms with Gasteiger partial charge >= 0.3 is 0 Å². The summed E-state index contributed by atoms with van der Waals surface area (Å²) in [5.74, 6) is 0.550. The van der Waals surface area contributed by atoms with Crippen LogP contribution in [-0.2, 0) is 0 Å². The first-order valence-corrected chi connectivity index (χ1v) is 6.36. The van der Waals surface area contributed by atoms with Crippen LogP contribution in [0.15, 0.2) is 46.9 Å². The fraction of sp³-hybridized carbons (Fsp3) is 0.133. The van der Waals surface area contributed by atoms with Crippen molar-refractivity contribution in [3.8, 4) is 5.75 Å². The summed E-state index contributed by atoms with van der Waals surface area (Å²) in [6, 6.07) is 12.9. The molecule has 2 aromatic carbocycles. The van der Waals surface area contributed by atoms with E-state index in [2.05, 4.69) is 15.9 Å². The maximum absolute atomic E-state index is 12.4. The number of halogens is 1. The molecule has 2 rings (SSSR count). The number of para-hydroxylation sites is 1. The Labute approximate surface area is 115 Å². The van der Waals surface area contributed by atoms with Crippen molar-refractivity contribution in [2.45, 2.75) is 6.92 Å². The van der Waals surface area contributed by atoms with Crippen LogP contribution >= 0.6 is 15.9 Å². The lowest BCUT2D eigenvalue weighted by Crippen LogP contribution is -2.04. The first kappa shape index (κ1) is 12.8. The minimum Gasteiger partial charge on any atom is -0.496 e. The summed E-state index contributed by atoms with van der Waals surface area (Å²) in [7, 11) is 1.57. The number of benzene rings is 2. The van der Waals surface area contributed by atoms with Crippen molar-refractivity contribution in [1.82, 2.24) is 0 Å². The molecule has 0 amide bonds. The smallest absolute Gasteiger partial charge is 0.197 e. The van der Waals surface area contributed by atoms with Crippen molar-refractivity contribution in [1.29, 1.82) is 0 Å². The van der Waals surface area contributed by atoms with Gasteiger partial charge in [-0.15, -0.1) is 0 Å². The molecule has 0 saturated heterocycles. The molecule has 0 unspecified atom stereocenters. The molecule has 0 N–H and O–H groups in total. The summed E-state index contributed by atoms with van der Waals surface area (Å²) < 4.78 is 6.02. The highest BCUT2D eigenvalue weighted by Gasteiger charge is 2.16. The predicted octanol–water partition coefficient (Wildman–Crippen LogP) is 4.00. The number of aryl methyl sites for hydroxylation is 1. The Kier molecular flexibility index (Phi) is 3.82. The average Bonchev–Trinajstić information content (AvgIpc) is 2.38. The third-order valence-corrected chi connectivity index (χ3v) is 3.38. The number of ketones is 1. The second-order valence-corrected chi connectivity index (χ2v) is 4.87.